The number of carbonyl (C=O) groups is 1. The number of rotatable bonds is 6. The third kappa shape index (κ3) is 3.80. The molecule has 0 unspecified atom stereocenters. The highest BCUT2D eigenvalue weighted by Gasteiger charge is 2.29. The van der Waals surface area contributed by atoms with Crippen molar-refractivity contribution in [1.82, 2.24) is 10.3 Å². The van der Waals surface area contributed by atoms with Gasteiger partial charge in [-0.1, -0.05) is 20.3 Å². The van der Waals surface area contributed by atoms with Crippen LogP contribution in [0.3, 0.4) is 0 Å². The van der Waals surface area contributed by atoms with Gasteiger partial charge in [0.1, 0.15) is 5.01 Å². The first-order chi connectivity index (χ1) is 8.01. The van der Waals surface area contributed by atoms with Crippen LogP contribution in [0.2, 0.25) is 0 Å². The van der Waals surface area contributed by atoms with Crippen molar-refractivity contribution in [3.63, 3.8) is 0 Å². The second-order valence-electron chi connectivity index (χ2n) is 4.63. The number of thiazole rings is 1. The minimum atomic E-state index is -0.316. The van der Waals surface area contributed by atoms with E-state index in [-0.39, 0.29) is 11.4 Å². The van der Waals surface area contributed by atoms with E-state index in [9.17, 15) is 4.79 Å². The molecular weight excluding hydrogens is 232 g/mol. The topological polar surface area (TPSA) is 42.0 Å². The number of hydrogen-bond acceptors (Lipinski definition) is 3. The molecule has 1 rings (SSSR count). The molecular formula is C13H22N2OS. The zero-order chi connectivity index (χ0) is 12.9. The van der Waals surface area contributed by atoms with Crippen molar-refractivity contribution in [2.24, 2.45) is 0 Å². The van der Waals surface area contributed by atoms with E-state index in [4.69, 9.17) is 0 Å². The number of nitrogens with one attached hydrogen (secondary N) is 1. The molecule has 4 heteroatoms. The van der Waals surface area contributed by atoms with Gasteiger partial charge in [-0.3, -0.25) is 4.79 Å². The Morgan fingerprint density at radius 1 is 1.53 bits per heavy atom. The van der Waals surface area contributed by atoms with Gasteiger partial charge in [-0.05, 0) is 26.7 Å². The molecule has 17 heavy (non-hydrogen) atoms. The number of aromatic nitrogens is 1. The van der Waals surface area contributed by atoms with Crippen LogP contribution in [0, 0.1) is 6.92 Å². The molecule has 0 saturated carbocycles. The standard InChI is InChI=1S/C13H22N2OS/c1-5-7-8-11(16)15-13(4,6-2)12-14-10(3)9-17-12/h9H,5-8H2,1-4H3,(H,15,16)/t13-/m1/s1. The number of hydrogen-bond donors (Lipinski definition) is 1. The lowest BCUT2D eigenvalue weighted by atomic mass is 9.99. The average molecular weight is 254 g/mol. The third-order valence-electron chi connectivity index (χ3n) is 2.97. The Bertz CT molecular complexity index is 375. The summed E-state index contributed by atoms with van der Waals surface area (Å²) in [5, 5.41) is 6.15. The van der Waals surface area contributed by atoms with Crippen LogP contribution in [0.1, 0.15) is 57.2 Å². The summed E-state index contributed by atoms with van der Waals surface area (Å²) in [5.41, 5.74) is 0.705. The number of amides is 1. The summed E-state index contributed by atoms with van der Waals surface area (Å²) < 4.78 is 0. The summed E-state index contributed by atoms with van der Waals surface area (Å²) in [6.07, 6.45) is 3.46. The fourth-order valence-corrected chi connectivity index (χ4v) is 2.60. The number of unbranched alkanes of at least 4 members (excludes halogenated alkanes) is 1. The molecule has 0 radical (unpaired) electrons. The molecule has 3 nitrogen and oxygen atoms in total. The zero-order valence-corrected chi connectivity index (χ0v) is 12.0. The van der Waals surface area contributed by atoms with Gasteiger partial charge in [-0.15, -0.1) is 11.3 Å². The highest BCUT2D eigenvalue weighted by molar-refractivity contribution is 7.09. The first-order valence-corrected chi connectivity index (χ1v) is 7.13. The van der Waals surface area contributed by atoms with Crippen molar-refractivity contribution in [2.45, 2.75) is 58.9 Å². The Balaban J connectivity index is 2.72. The van der Waals surface area contributed by atoms with Gasteiger partial charge >= 0.3 is 0 Å². The van der Waals surface area contributed by atoms with Crippen molar-refractivity contribution in [3.8, 4) is 0 Å². The average Bonchev–Trinajstić information content (AvgIpc) is 2.73. The summed E-state index contributed by atoms with van der Waals surface area (Å²) >= 11 is 1.62. The normalized spacial score (nSPS) is 14.4. The Morgan fingerprint density at radius 2 is 2.24 bits per heavy atom. The van der Waals surface area contributed by atoms with Crippen LogP contribution >= 0.6 is 11.3 Å². The van der Waals surface area contributed by atoms with Crippen molar-refractivity contribution in [3.05, 3.63) is 16.1 Å². The van der Waals surface area contributed by atoms with Gasteiger partial charge in [0.15, 0.2) is 0 Å². The van der Waals surface area contributed by atoms with Crippen LogP contribution in [0.4, 0.5) is 0 Å². The molecule has 1 atom stereocenters. The van der Waals surface area contributed by atoms with Crippen LogP contribution in [-0.4, -0.2) is 10.9 Å². The molecule has 0 saturated heterocycles. The molecule has 0 aliphatic heterocycles. The molecule has 1 amide bonds. The second-order valence-corrected chi connectivity index (χ2v) is 5.49. The molecule has 0 spiro atoms. The largest absolute Gasteiger partial charge is 0.344 e. The summed E-state index contributed by atoms with van der Waals surface area (Å²) in [4.78, 5) is 16.3. The Hall–Kier alpha value is -0.900. The monoisotopic (exact) mass is 254 g/mol. The van der Waals surface area contributed by atoms with Gasteiger partial charge in [-0.2, -0.15) is 0 Å². The molecule has 0 aromatic carbocycles. The van der Waals surface area contributed by atoms with E-state index < -0.39 is 0 Å². The SMILES string of the molecule is CCCCC(=O)N[C@](C)(CC)c1nc(C)cs1. The minimum absolute atomic E-state index is 0.129. The summed E-state index contributed by atoms with van der Waals surface area (Å²) in [6, 6.07) is 0. The highest BCUT2D eigenvalue weighted by atomic mass is 32.1. The first kappa shape index (κ1) is 14.2. The number of aryl methyl sites for hydroxylation is 1. The van der Waals surface area contributed by atoms with Crippen LogP contribution in [0.25, 0.3) is 0 Å². The lowest BCUT2D eigenvalue weighted by molar-refractivity contribution is -0.123. The maximum atomic E-state index is 11.8. The fraction of sp³-hybridized carbons (Fsp3) is 0.692. The van der Waals surface area contributed by atoms with E-state index in [1.807, 2.05) is 12.3 Å². The van der Waals surface area contributed by atoms with Gasteiger partial charge in [0.25, 0.3) is 0 Å². The van der Waals surface area contributed by atoms with Gasteiger partial charge in [0.05, 0.1) is 5.54 Å². The second kappa shape index (κ2) is 6.15. The number of carbonyl (C=O) groups excluding carboxylic acids is 1. The smallest absolute Gasteiger partial charge is 0.220 e. The molecule has 0 aliphatic rings. The first-order valence-electron chi connectivity index (χ1n) is 6.25. The minimum Gasteiger partial charge on any atom is -0.344 e. The van der Waals surface area contributed by atoms with Gasteiger partial charge < -0.3 is 5.32 Å². The van der Waals surface area contributed by atoms with E-state index in [0.29, 0.717) is 6.42 Å². The van der Waals surface area contributed by atoms with Gasteiger partial charge in [0.2, 0.25) is 5.91 Å². The fourth-order valence-electron chi connectivity index (χ4n) is 1.61. The van der Waals surface area contributed by atoms with Gasteiger partial charge in [0, 0.05) is 17.5 Å². The van der Waals surface area contributed by atoms with Gasteiger partial charge in [-0.25, -0.2) is 4.98 Å². The summed E-state index contributed by atoms with van der Waals surface area (Å²) in [7, 11) is 0. The van der Waals surface area contributed by atoms with E-state index in [1.165, 1.54) is 0 Å². The van der Waals surface area contributed by atoms with Crippen LogP contribution in [-0.2, 0) is 10.3 Å². The van der Waals surface area contributed by atoms with Crippen LogP contribution < -0.4 is 5.32 Å². The van der Waals surface area contributed by atoms with E-state index in [2.05, 4.69) is 31.1 Å². The highest BCUT2D eigenvalue weighted by Crippen LogP contribution is 2.27. The molecule has 0 bridgehead atoms. The maximum Gasteiger partial charge on any atom is 0.220 e. The van der Waals surface area contributed by atoms with Crippen molar-refractivity contribution >= 4 is 17.2 Å². The Morgan fingerprint density at radius 3 is 2.71 bits per heavy atom. The maximum absolute atomic E-state index is 11.8. The lowest BCUT2D eigenvalue weighted by Gasteiger charge is -2.27. The molecule has 1 aromatic heterocycles. The summed E-state index contributed by atoms with van der Waals surface area (Å²) in [6.45, 7) is 8.21. The molecule has 0 aliphatic carbocycles. The molecule has 1 N–H and O–H groups in total. The predicted octanol–water partition coefficient (Wildman–Crippen LogP) is 3.38. The lowest BCUT2D eigenvalue weighted by Crippen LogP contribution is -2.42. The predicted molar refractivity (Wildman–Crippen MR) is 72.2 cm³/mol. The number of nitrogens with zero attached hydrogens (tertiary/aromatic N) is 1. The van der Waals surface area contributed by atoms with Crippen molar-refractivity contribution in [1.29, 1.82) is 0 Å². The molecule has 1 heterocycles. The van der Waals surface area contributed by atoms with E-state index >= 15 is 0 Å². The van der Waals surface area contributed by atoms with Crippen molar-refractivity contribution < 1.29 is 4.79 Å². The molecule has 1 aromatic rings. The van der Waals surface area contributed by atoms with Crippen LogP contribution in [0.5, 0.6) is 0 Å². The van der Waals surface area contributed by atoms with E-state index in [0.717, 1.165) is 30.0 Å². The Labute approximate surface area is 108 Å². The summed E-state index contributed by atoms with van der Waals surface area (Å²) in [5.74, 6) is 0.129. The van der Waals surface area contributed by atoms with Crippen molar-refractivity contribution in [2.75, 3.05) is 0 Å². The zero-order valence-electron chi connectivity index (χ0n) is 11.2. The Kier molecular flexibility index (Phi) is 5.12. The molecule has 0 fully saturated rings. The van der Waals surface area contributed by atoms with Crippen LogP contribution in [0.15, 0.2) is 5.38 Å². The quantitative estimate of drug-likeness (QED) is 0.845. The molecule has 96 valence electrons. The van der Waals surface area contributed by atoms with E-state index in [1.54, 1.807) is 11.3 Å². The third-order valence-corrected chi connectivity index (χ3v) is 4.19.